The van der Waals surface area contributed by atoms with Gasteiger partial charge in [0, 0.05) is 11.4 Å². The third kappa shape index (κ3) is 5.26. The number of allylic oxidation sites excluding steroid dienone is 1. The van der Waals surface area contributed by atoms with Crippen molar-refractivity contribution in [2.45, 2.75) is 46.5 Å². The van der Waals surface area contributed by atoms with E-state index in [4.69, 9.17) is 0 Å². The Bertz CT molecular complexity index is 1140. The van der Waals surface area contributed by atoms with Crippen molar-refractivity contribution in [2.24, 2.45) is 0 Å². The van der Waals surface area contributed by atoms with Crippen molar-refractivity contribution in [1.82, 2.24) is 0 Å². The van der Waals surface area contributed by atoms with Crippen LogP contribution in [0.4, 0.5) is 5.69 Å². The number of hydrogen-bond donors (Lipinski definition) is 1. The van der Waals surface area contributed by atoms with E-state index in [9.17, 15) is 0 Å². The zero-order valence-corrected chi connectivity index (χ0v) is 22.5. The van der Waals surface area contributed by atoms with E-state index in [-0.39, 0.29) is 0 Å². The molecule has 0 aliphatic heterocycles. The minimum atomic E-state index is -2.05. The highest BCUT2D eigenvalue weighted by atomic mass is 31.2. The van der Waals surface area contributed by atoms with Gasteiger partial charge >= 0.3 is 0 Å². The fraction of sp³-hybridized carbons (Fsp3) is 0.212. The molecule has 0 unspecified atom stereocenters. The van der Waals surface area contributed by atoms with Gasteiger partial charge in [0.1, 0.15) is 23.2 Å². The predicted molar refractivity (Wildman–Crippen MR) is 157 cm³/mol. The molecule has 0 saturated carbocycles. The molecule has 0 amide bonds. The molecule has 0 aliphatic rings. The maximum Gasteiger partial charge on any atom is 0.138 e. The van der Waals surface area contributed by atoms with E-state index in [2.05, 4.69) is 155 Å². The van der Waals surface area contributed by atoms with Crippen molar-refractivity contribution in [3.8, 4) is 0 Å². The Labute approximate surface area is 212 Å². The zero-order chi connectivity index (χ0) is 24.8. The lowest BCUT2D eigenvalue weighted by molar-refractivity contribution is 0.837. The summed E-state index contributed by atoms with van der Waals surface area (Å²) in [5.74, 6) is 3.41. The summed E-state index contributed by atoms with van der Waals surface area (Å²) in [5.41, 5.74) is 5.18. The monoisotopic (exact) mass is 478 g/mol. The van der Waals surface area contributed by atoms with Crippen molar-refractivity contribution >= 4 is 28.9 Å². The lowest BCUT2D eigenvalue weighted by atomic mass is 9.92. The molecule has 0 radical (unpaired) electrons. The molecule has 0 heterocycles. The maximum atomic E-state index is 3.90. The predicted octanol–water partition coefficient (Wildman–Crippen LogP) is 8.20. The Kier molecular flexibility index (Phi) is 7.89. The first-order valence-corrected chi connectivity index (χ1v) is 14.4. The van der Waals surface area contributed by atoms with Gasteiger partial charge in [-0.1, -0.05) is 100 Å². The highest BCUT2D eigenvalue weighted by molar-refractivity contribution is 7.98. The molecular weight excluding hydrogens is 441 g/mol. The Morgan fingerprint density at radius 1 is 0.571 bits per heavy atom. The number of hydrogen-bond acceptors (Lipinski definition) is 1. The molecule has 4 aromatic carbocycles. The van der Waals surface area contributed by atoms with Gasteiger partial charge in [-0.2, -0.15) is 0 Å². The lowest BCUT2D eigenvalue weighted by Gasteiger charge is -2.26. The fourth-order valence-corrected chi connectivity index (χ4v) is 8.79. The van der Waals surface area contributed by atoms with E-state index in [1.165, 1.54) is 38.4 Å². The van der Waals surface area contributed by atoms with Gasteiger partial charge in [-0.25, -0.2) is 0 Å². The van der Waals surface area contributed by atoms with Crippen molar-refractivity contribution < 1.29 is 0 Å². The molecule has 0 atom stereocenters. The topological polar surface area (TPSA) is 12.0 Å². The highest BCUT2D eigenvalue weighted by Crippen LogP contribution is 2.57. The second kappa shape index (κ2) is 11.1. The lowest BCUT2D eigenvalue weighted by Crippen LogP contribution is -2.30. The summed E-state index contributed by atoms with van der Waals surface area (Å²) in [7, 11) is -2.05. The number of rotatable bonds is 8. The molecule has 0 spiro atoms. The standard InChI is InChI=1S/C33H37NP/c1-25(2)31-22-15-23-32(26(3)4)33(31)34-27(5)24-35(28-16-9-6-10-17-28,29-18-11-7-12-19-29)30-20-13-8-14-21-30/h6-26,34H,1-5H3/q+1. The van der Waals surface area contributed by atoms with Gasteiger partial charge in [-0.05, 0) is 66.3 Å². The molecule has 0 saturated heterocycles. The minimum Gasteiger partial charge on any atom is -0.356 e. The highest BCUT2D eigenvalue weighted by Gasteiger charge is 2.44. The second-order valence-corrected chi connectivity index (χ2v) is 13.0. The molecule has 1 N–H and O–H groups in total. The normalized spacial score (nSPS) is 12.3. The summed E-state index contributed by atoms with van der Waals surface area (Å²) in [6, 6.07) is 39.8. The Balaban J connectivity index is 1.95. The zero-order valence-electron chi connectivity index (χ0n) is 21.6. The van der Waals surface area contributed by atoms with Gasteiger partial charge < -0.3 is 5.32 Å². The Morgan fingerprint density at radius 3 is 1.29 bits per heavy atom. The van der Waals surface area contributed by atoms with Crippen LogP contribution < -0.4 is 21.2 Å². The van der Waals surface area contributed by atoms with Crippen LogP contribution in [0.1, 0.15) is 57.6 Å². The second-order valence-electron chi connectivity index (χ2n) is 9.79. The molecule has 0 aromatic heterocycles. The van der Waals surface area contributed by atoms with Crippen molar-refractivity contribution in [1.29, 1.82) is 0 Å². The molecule has 0 bridgehead atoms. The molecule has 0 fully saturated rings. The van der Waals surface area contributed by atoms with Crippen molar-refractivity contribution in [3.05, 3.63) is 132 Å². The third-order valence-electron chi connectivity index (χ3n) is 6.57. The van der Waals surface area contributed by atoms with Gasteiger partial charge in [0.05, 0.1) is 5.82 Å². The van der Waals surface area contributed by atoms with Gasteiger partial charge in [-0.15, -0.1) is 0 Å². The summed E-state index contributed by atoms with van der Waals surface area (Å²) >= 11 is 0. The Morgan fingerprint density at radius 2 is 0.943 bits per heavy atom. The fourth-order valence-electron chi connectivity index (χ4n) is 4.88. The van der Waals surface area contributed by atoms with Crippen LogP contribution in [0.3, 0.4) is 0 Å². The van der Waals surface area contributed by atoms with Crippen LogP contribution in [-0.2, 0) is 0 Å². The van der Waals surface area contributed by atoms with Gasteiger partial charge in [0.15, 0.2) is 0 Å². The van der Waals surface area contributed by atoms with Crippen LogP contribution in [0.15, 0.2) is 121 Å². The smallest absolute Gasteiger partial charge is 0.138 e. The van der Waals surface area contributed by atoms with E-state index in [1.807, 2.05) is 0 Å². The SMILES string of the molecule is CC(=C[P+](c1ccccc1)(c1ccccc1)c1ccccc1)Nc1c(C(C)C)cccc1C(C)C. The maximum absolute atomic E-state index is 3.90. The van der Waals surface area contributed by atoms with Crippen LogP contribution >= 0.6 is 7.26 Å². The summed E-state index contributed by atoms with van der Waals surface area (Å²) in [6.45, 7) is 11.3. The molecule has 35 heavy (non-hydrogen) atoms. The quantitative estimate of drug-likeness (QED) is 0.252. The van der Waals surface area contributed by atoms with Crippen LogP contribution in [-0.4, -0.2) is 0 Å². The first-order chi connectivity index (χ1) is 16.9. The van der Waals surface area contributed by atoms with Gasteiger partial charge in [-0.3, -0.25) is 0 Å². The number of benzene rings is 4. The van der Waals surface area contributed by atoms with Gasteiger partial charge in [0.2, 0.25) is 0 Å². The van der Waals surface area contributed by atoms with Crippen molar-refractivity contribution in [3.63, 3.8) is 0 Å². The first kappa shape index (κ1) is 25.0. The Hall–Kier alpha value is -3.15. The van der Waals surface area contributed by atoms with Crippen LogP contribution in [0.2, 0.25) is 0 Å². The largest absolute Gasteiger partial charge is 0.356 e. The number of nitrogens with one attached hydrogen (secondary N) is 1. The average Bonchev–Trinajstić information content (AvgIpc) is 2.88. The molecule has 1 nitrogen and oxygen atoms in total. The molecule has 178 valence electrons. The van der Waals surface area contributed by atoms with Crippen LogP contribution in [0, 0.1) is 0 Å². The molecule has 4 rings (SSSR count). The van der Waals surface area contributed by atoms with E-state index < -0.39 is 7.26 Å². The molecule has 2 heteroatoms. The summed E-state index contributed by atoms with van der Waals surface area (Å²) < 4.78 is 0. The van der Waals surface area contributed by atoms with Crippen LogP contribution in [0.25, 0.3) is 0 Å². The van der Waals surface area contributed by atoms with Crippen molar-refractivity contribution in [2.75, 3.05) is 5.32 Å². The van der Waals surface area contributed by atoms with E-state index >= 15 is 0 Å². The molecular formula is C33H37NP+. The number of anilines is 1. The first-order valence-electron chi connectivity index (χ1n) is 12.6. The summed E-state index contributed by atoms with van der Waals surface area (Å²) in [6.07, 6.45) is 0. The average molecular weight is 479 g/mol. The minimum absolute atomic E-state index is 0.445. The summed E-state index contributed by atoms with van der Waals surface area (Å²) in [4.78, 5) is 0. The number of para-hydroxylation sites is 1. The van der Waals surface area contributed by atoms with E-state index in [1.54, 1.807) is 0 Å². The summed E-state index contributed by atoms with van der Waals surface area (Å²) in [5, 5.41) is 7.98. The van der Waals surface area contributed by atoms with E-state index in [0.29, 0.717) is 11.8 Å². The van der Waals surface area contributed by atoms with E-state index in [0.717, 1.165) is 0 Å². The van der Waals surface area contributed by atoms with Gasteiger partial charge in [0.25, 0.3) is 0 Å². The third-order valence-corrected chi connectivity index (χ3v) is 10.7. The molecule has 0 aliphatic carbocycles. The molecule has 4 aromatic rings. The van der Waals surface area contributed by atoms with Crippen LogP contribution in [0.5, 0.6) is 0 Å².